The van der Waals surface area contributed by atoms with Gasteiger partial charge >= 0.3 is 0 Å². The Morgan fingerprint density at radius 2 is 1.24 bits per heavy atom. The highest BCUT2D eigenvalue weighted by Gasteiger charge is 2.07. The first-order valence-corrected chi connectivity index (χ1v) is 6.25. The lowest BCUT2D eigenvalue weighted by Gasteiger charge is -2.09. The molecule has 0 aromatic heterocycles. The lowest BCUT2D eigenvalue weighted by molar-refractivity contribution is 1.54. The minimum absolute atomic E-state index is 1.01. The first kappa shape index (κ1) is 11.9. The molecule has 2 aromatic rings. The van der Waals surface area contributed by atoms with Gasteiger partial charge in [0.25, 0.3) is 0 Å². The summed E-state index contributed by atoms with van der Waals surface area (Å²) < 4.78 is 1.01. The number of allylic oxidation sites excluding steroid dienone is 2. The van der Waals surface area contributed by atoms with Crippen molar-refractivity contribution in [3.63, 3.8) is 0 Å². The van der Waals surface area contributed by atoms with Gasteiger partial charge in [0.2, 0.25) is 0 Å². The minimum Gasteiger partial charge on any atom is -0.0979 e. The van der Waals surface area contributed by atoms with Crippen LogP contribution < -0.4 is 0 Å². The van der Waals surface area contributed by atoms with Gasteiger partial charge < -0.3 is 0 Å². The van der Waals surface area contributed by atoms with Crippen molar-refractivity contribution in [2.75, 3.05) is 0 Å². The summed E-state index contributed by atoms with van der Waals surface area (Å²) in [5.74, 6) is 0. The summed E-state index contributed by atoms with van der Waals surface area (Å²) in [6, 6.07) is 20.6. The molecule has 0 aliphatic heterocycles. The average Bonchev–Trinajstić information content (AvgIpc) is 2.41. The van der Waals surface area contributed by atoms with E-state index in [9.17, 15) is 0 Å². The summed E-state index contributed by atoms with van der Waals surface area (Å²) in [4.78, 5) is 0. The molecule has 0 aliphatic carbocycles. The third-order valence-electron chi connectivity index (χ3n) is 2.54. The summed E-state index contributed by atoms with van der Waals surface area (Å²) >= 11 is 3.58. The van der Waals surface area contributed by atoms with Gasteiger partial charge in [-0.05, 0) is 11.1 Å². The van der Waals surface area contributed by atoms with Crippen LogP contribution in [0.15, 0.2) is 77.8 Å². The topological polar surface area (TPSA) is 0 Å². The average molecular weight is 285 g/mol. The Morgan fingerprint density at radius 3 is 1.59 bits per heavy atom. The predicted molar refractivity (Wildman–Crippen MR) is 78.0 cm³/mol. The normalized spacial score (nSPS) is 9.71. The molecule has 0 atom stereocenters. The Balaban J connectivity index is 2.60. The molecular formula is C16H13Br. The van der Waals surface area contributed by atoms with E-state index in [1.54, 1.807) is 0 Å². The third kappa shape index (κ3) is 2.75. The van der Waals surface area contributed by atoms with E-state index in [1.165, 1.54) is 16.7 Å². The van der Waals surface area contributed by atoms with Crippen molar-refractivity contribution >= 4 is 21.5 Å². The van der Waals surface area contributed by atoms with E-state index in [0.29, 0.717) is 0 Å². The number of benzene rings is 2. The molecule has 0 heterocycles. The molecule has 0 saturated heterocycles. The fourth-order valence-corrected chi connectivity index (χ4v) is 2.21. The van der Waals surface area contributed by atoms with Crippen molar-refractivity contribution < 1.29 is 0 Å². The molecule has 17 heavy (non-hydrogen) atoms. The van der Waals surface area contributed by atoms with Gasteiger partial charge in [0.1, 0.15) is 0 Å². The molecule has 0 bridgehead atoms. The van der Waals surface area contributed by atoms with Crippen LogP contribution in [-0.4, -0.2) is 0 Å². The van der Waals surface area contributed by atoms with Crippen LogP contribution in [0.25, 0.3) is 5.57 Å². The maximum Gasteiger partial charge on any atom is 0.0253 e. The second-order valence-corrected chi connectivity index (χ2v) is 4.51. The summed E-state index contributed by atoms with van der Waals surface area (Å²) in [5.41, 5.74) is 3.54. The minimum atomic E-state index is 1.01. The molecule has 0 saturated carbocycles. The maximum absolute atomic E-state index is 3.83. The van der Waals surface area contributed by atoms with Crippen molar-refractivity contribution in [3.05, 3.63) is 88.9 Å². The van der Waals surface area contributed by atoms with Gasteiger partial charge in [0.15, 0.2) is 0 Å². The molecule has 0 radical (unpaired) electrons. The summed E-state index contributed by atoms with van der Waals surface area (Å²) in [5, 5.41) is 0. The quantitative estimate of drug-likeness (QED) is 0.694. The SMILES string of the molecule is C=CC(Br)=C(c1ccccc1)c1ccccc1. The van der Waals surface area contributed by atoms with Crippen molar-refractivity contribution in [1.29, 1.82) is 0 Å². The molecule has 2 rings (SSSR count). The molecule has 0 fully saturated rings. The zero-order chi connectivity index (χ0) is 12.1. The number of hydrogen-bond donors (Lipinski definition) is 0. The van der Waals surface area contributed by atoms with Crippen molar-refractivity contribution in [1.82, 2.24) is 0 Å². The number of halogens is 1. The van der Waals surface area contributed by atoms with Gasteiger partial charge in [-0.25, -0.2) is 0 Å². The predicted octanol–water partition coefficient (Wildman–Crippen LogP) is 5.03. The summed E-state index contributed by atoms with van der Waals surface area (Å²) in [6.45, 7) is 3.83. The lowest BCUT2D eigenvalue weighted by Crippen LogP contribution is -1.89. The Hall–Kier alpha value is -1.60. The zero-order valence-electron chi connectivity index (χ0n) is 9.44. The number of hydrogen-bond acceptors (Lipinski definition) is 0. The first-order valence-electron chi connectivity index (χ1n) is 5.46. The fraction of sp³-hybridized carbons (Fsp3) is 0. The molecule has 0 N–H and O–H groups in total. The molecule has 0 spiro atoms. The molecule has 2 aromatic carbocycles. The standard InChI is InChI=1S/C16H13Br/c1-2-15(17)16(13-9-5-3-6-10-13)14-11-7-4-8-12-14/h2-12H,1H2. The Labute approximate surface area is 110 Å². The van der Waals surface area contributed by atoms with E-state index in [0.717, 1.165) is 4.48 Å². The monoisotopic (exact) mass is 284 g/mol. The van der Waals surface area contributed by atoms with Gasteiger partial charge in [0.05, 0.1) is 0 Å². The van der Waals surface area contributed by atoms with Gasteiger partial charge in [-0.2, -0.15) is 0 Å². The van der Waals surface area contributed by atoms with Crippen LogP contribution in [0.3, 0.4) is 0 Å². The zero-order valence-corrected chi connectivity index (χ0v) is 11.0. The van der Waals surface area contributed by atoms with E-state index in [4.69, 9.17) is 0 Å². The van der Waals surface area contributed by atoms with Crippen LogP contribution in [0.2, 0.25) is 0 Å². The highest BCUT2D eigenvalue weighted by Crippen LogP contribution is 2.29. The summed E-state index contributed by atoms with van der Waals surface area (Å²) in [7, 11) is 0. The van der Waals surface area contributed by atoms with E-state index in [-0.39, 0.29) is 0 Å². The van der Waals surface area contributed by atoms with Crippen molar-refractivity contribution in [3.8, 4) is 0 Å². The Bertz CT molecular complexity index is 482. The van der Waals surface area contributed by atoms with Crippen LogP contribution in [0.1, 0.15) is 11.1 Å². The van der Waals surface area contributed by atoms with Crippen molar-refractivity contribution in [2.24, 2.45) is 0 Å². The third-order valence-corrected chi connectivity index (χ3v) is 3.26. The molecule has 0 nitrogen and oxygen atoms in total. The van der Waals surface area contributed by atoms with Crippen LogP contribution >= 0.6 is 15.9 Å². The molecule has 0 amide bonds. The lowest BCUT2D eigenvalue weighted by atomic mass is 9.98. The second kappa shape index (κ2) is 5.65. The smallest absolute Gasteiger partial charge is 0.0253 e. The van der Waals surface area contributed by atoms with Crippen molar-refractivity contribution in [2.45, 2.75) is 0 Å². The summed E-state index contributed by atoms with van der Waals surface area (Å²) in [6.07, 6.45) is 1.83. The molecule has 1 heteroatoms. The second-order valence-electron chi connectivity index (χ2n) is 3.66. The van der Waals surface area contributed by atoms with Crippen LogP contribution in [0.5, 0.6) is 0 Å². The van der Waals surface area contributed by atoms with Crippen LogP contribution in [0, 0.1) is 0 Å². The van der Waals surface area contributed by atoms with E-state index >= 15 is 0 Å². The highest BCUT2D eigenvalue weighted by atomic mass is 79.9. The Morgan fingerprint density at radius 1 is 0.824 bits per heavy atom. The van der Waals surface area contributed by atoms with Gasteiger partial charge in [-0.3, -0.25) is 0 Å². The fourth-order valence-electron chi connectivity index (χ4n) is 1.75. The first-order chi connectivity index (χ1) is 8.33. The highest BCUT2D eigenvalue weighted by molar-refractivity contribution is 9.12. The van der Waals surface area contributed by atoms with E-state index < -0.39 is 0 Å². The Kier molecular flexibility index (Phi) is 3.94. The molecule has 0 unspecified atom stereocenters. The van der Waals surface area contributed by atoms with E-state index in [1.807, 2.05) is 42.5 Å². The molecule has 84 valence electrons. The molecule has 0 aliphatic rings. The maximum atomic E-state index is 3.83. The van der Waals surface area contributed by atoms with Gasteiger partial charge in [-0.1, -0.05) is 89.2 Å². The largest absolute Gasteiger partial charge is 0.0979 e. The van der Waals surface area contributed by atoms with Crippen LogP contribution in [-0.2, 0) is 0 Å². The number of rotatable bonds is 3. The van der Waals surface area contributed by atoms with Gasteiger partial charge in [-0.15, -0.1) is 0 Å². The molecular weight excluding hydrogens is 272 g/mol. The van der Waals surface area contributed by atoms with E-state index in [2.05, 4.69) is 46.8 Å². The van der Waals surface area contributed by atoms with Gasteiger partial charge in [0, 0.05) is 10.1 Å². The van der Waals surface area contributed by atoms with Crippen LogP contribution in [0.4, 0.5) is 0 Å².